The monoisotopic (exact) mass is 350 g/mol. The van der Waals surface area contributed by atoms with Crippen molar-refractivity contribution in [2.24, 2.45) is 10.2 Å². The molecule has 0 aliphatic heterocycles. The van der Waals surface area contributed by atoms with E-state index in [2.05, 4.69) is 30.4 Å². The first-order valence-electron chi connectivity index (χ1n) is 8.00. The molecular formula is C17H18N8O. The summed E-state index contributed by atoms with van der Waals surface area (Å²) in [5.41, 5.74) is 1.89. The van der Waals surface area contributed by atoms with Gasteiger partial charge in [0, 0.05) is 25.7 Å². The molecule has 2 rings (SSSR count). The van der Waals surface area contributed by atoms with Crippen LogP contribution in [-0.4, -0.2) is 29.0 Å². The second-order valence-electron chi connectivity index (χ2n) is 5.26. The van der Waals surface area contributed by atoms with Gasteiger partial charge in [-0.05, 0) is 32.0 Å². The van der Waals surface area contributed by atoms with Gasteiger partial charge in [0.2, 0.25) is 11.9 Å². The minimum absolute atomic E-state index is 0.0282. The number of amides is 1. The van der Waals surface area contributed by atoms with Gasteiger partial charge in [0.15, 0.2) is 11.4 Å². The predicted octanol–water partition coefficient (Wildman–Crippen LogP) is 3.37. The number of nitrogens with zero attached hydrogens (tertiary/aromatic N) is 6. The second-order valence-corrected chi connectivity index (χ2v) is 5.26. The van der Waals surface area contributed by atoms with Gasteiger partial charge >= 0.3 is 0 Å². The Morgan fingerprint density at radius 2 is 2.00 bits per heavy atom. The van der Waals surface area contributed by atoms with Crippen LogP contribution >= 0.6 is 0 Å². The molecule has 26 heavy (non-hydrogen) atoms. The summed E-state index contributed by atoms with van der Waals surface area (Å²) in [4.78, 5) is 20.1. The first-order chi connectivity index (χ1) is 12.5. The van der Waals surface area contributed by atoms with Crippen molar-refractivity contribution in [3.8, 4) is 12.1 Å². The lowest BCUT2D eigenvalue weighted by Crippen LogP contribution is -2.21. The molecule has 1 heterocycles. The molecular weight excluding hydrogens is 332 g/mol. The molecule has 0 aliphatic carbocycles. The zero-order chi connectivity index (χ0) is 19.1. The first kappa shape index (κ1) is 18.6. The van der Waals surface area contributed by atoms with Gasteiger partial charge < -0.3 is 15.2 Å². The highest BCUT2D eigenvalue weighted by Crippen LogP contribution is 2.31. The van der Waals surface area contributed by atoms with E-state index in [9.17, 15) is 4.79 Å². The molecule has 1 aromatic heterocycles. The van der Waals surface area contributed by atoms with E-state index in [1.807, 2.05) is 32.0 Å². The van der Waals surface area contributed by atoms with Crippen molar-refractivity contribution in [3.63, 3.8) is 0 Å². The Labute approximate surface area is 151 Å². The van der Waals surface area contributed by atoms with Crippen LogP contribution < -0.4 is 10.2 Å². The number of rotatable bonds is 6. The topological polar surface area (TPSA) is 133 Å². The van der Waals surface area contributed by atoms with Gasteiger partial charge in [-0.1, -0.05) is 0 Å². The van der Waals surface area contributed by atoms with Crippen LogP contribution in [0.2, 0.25) is 0 Å². The number of anilines is 2. The summed E-state index contributed by atoms with van der Waals surface area (Å²) < 4.78 is 0. The molecule has 0 fully saturated rings. The van der Waals surface area contributed by atoms with Crippen LogP contribution in [0.1, 0.15) is 32.2 Å². The van der Waals surface area contributed by atoms with E-state index in [1.54, 1.807) is 12.1 Å². The summed E-state index contributed by atoms with van der Waals surface area (Å²) in [6.07, 6.45) is 0. The summed E-state index contributed by atoms with van der Waals surface area (Å²) in [5.74, 6) is -0.186. The number of hydrogen-bond donors (Lipinski definition) is 2. The minimum Gasteiger partial charge on any atom is -0.372 e. The van der Waals surface area contributed by atoms with Gasteiger partial charge in [-0.2, -0.15) is 15.5 Å². The molecule has 0 bridgehead atoms. The predicted molar refractivity (Wildman–Crippen MR) is 96.5 cm³/mol. The standard InChI is InChI=1S/C17H18N8O/c1-4-25(5-2)12-6-7-13(14(8-12)20-11(3)26)23-24-17-21-15(9-18)16(10-19)22-17/h6-8H,4-5H2,1-3H3,(H,20,26)(H,21,22). The summed E-state index contributed by atoms with van der Waals surface area (Å²) >= 11 is 0. The van der Waals surface area contributed by atoms with Crippen LogP contribution in [0, 0.1) is 22.7 Å². The molecule has 2 aromatic rings. The number of hydrogen-bond acceptors (Lipinski definition) is 7. The maximum atomic E-state index is 11.5. The number of azo groups is 1. The lowest BCUT2D eigenvalue weighted by molar-refractivity contribution is -0.114. The average molecular weight is 350 g/mol. The molecule has 1 amide bonds. The van der Waals surface area contributed by atoms with Gasteiger partial charge in [-0.15, -0.1) is 10.2 Å². The number of aromatic nitrogens is 2. The molecule has 1 aromatic carbocycles. The van der Waals surface area contributed by atoms with Crippen molar-refractivity contribution in [1.29, 1.82) is 10.5 Å². The van der Waals surface area contributed by atoms with Crippen molar-refractivity contribution >= 4 is 28.9 Å². The van der Waals surface area contributed by atoms with Gasteiger partial charge in [0.1, 0.15) is 17.8 Å². The number of imidazole rings is 1. The van der Waals surface area contributed by atoms with E-state index in [1.165, 1.54) is 6.92 Å². The fourth-order valence-corrected chi connectivity index (χ4v) is 2.36. The number of H-pyrrole nitrogens is 1. The van der Waals surface area contributed by atoms with E-state index < -0.39 is 0 Å². The number of nitrogens with one attached hydrogen (secondary N) is 2. The molecule has 0 unspecified atom stereocenters. The van der Waals surface area contributed by atoms with Crippen LogP contribution in [0.15, 0.2) is 28.4 Å². The number of carbonyl (C=O) groups excluding carboxylic acids is 1. The number of aromatic amines is 1. The average Bonchev–Trinajstić information content (AvgIpc) is 3.04. The molecule has 0 saturated heterocycles. The van der Waals surface area contributed by atoms with E-state index in [0.29, 0.717) is 11.4 Å². The molecule has 0 saturated carbocycles. The van der Waals surface area contributed by atoms with Crippen LogP contribution in [0.25, 0.3) is 0 Å². The number of benzene rings is 1. The van der Waals surface area contributed by atoms with Crippen LogP contribution in [-0.2, 0) is 4.79 Å². The van der Waals surface area contributed by atoms with Gasteiger partial charge in [-0.3, -0.25) is 4.79 Å². The Hall–Kier alpha value is -3.72. The van der Waals surface area contributed by atoms with Gasteiger partial charge in [0.25, 0.3) is 0 Å². The Morgan fingerprint density at radius 1 is 1.27 bits per heavy atom. The fraction of sp³-hybridized carbons (Fsp3) is 0.294. The number of carbonyl (C=O) groups is 1. The van der Waals surface area contributed by atoms with E-state index in [-0.39, 0.29) is 23.2 Å². The van der Waals surface area contributed by atoms with E-state index in [0.717, 1.165) is 18.8 Å². The quantitative estimate of drug-likeness (QED) is 0.770. The van der Waals surface area contributed by atoms with Crippen molar-refractivity contribution in [2.45, 2.75) is 20.8 Å². The maximum Gasteiger partial charge on any atom is 0.249 e. The smallest absolute Gasteiger partial charge is 0.249 e. The van der Waals surface area contributed by atoms with Crippen molar-refractivity contribution < 1.29 is 4.79 Å². The molecule has 9 nitrogen and oxygen atoms in total. The lowest BCUT2D eigenvalue weighted by atomic mass is 10.2. The van der Waals surface area contributed by atoms with Crippen molar-refractivity contribution in [3.05, 3.63) is 29.6 Å². The fourth-order valence-electron chi connectivity index (χ4n) is 2.36. The molecule has 132 valence electrons. The Kier molecular flexibility index (Phi) is 6.01. The van der Waals surface area contributed by atoms with Crippen LogP contribution in [0.4, 0.5) is 23.0 Å². The van der Waals surface area contributed by atoms with Crippen LogP contribution in [0.5, 0.6) is 0 Å². The summed E-state index contributed by atoms with van der Waals surface area (Å²) in [7, 11) is 0. The Balaban J connectivity index is 2.38. The molecule has 2 N–H and O–H groups in total. The maximum absolute atomic E-state index is 11.5. The summed E-state index contributed by atoms with van der Waals surface area (Å²) in [5, 5.41) is 28.6. The van der Waals surface area contributed by atoms with E-state index >= 15 is 0 Å². The summed E-state index contributed by atoms with van der Waals surface area (Å²) in [6.45, 7) is 7.17. The number of nitriles is 2. The summed E-state index contributed by atoms with van der Waals surface area (Å²) in [6, 6.07) is 9.09. The van der Waals surface area contributed by atoms with Crippen molar-refractivity contribution in [2.75, 3.05) is 23.3 Å². The zero-order valence-electron chi connectivity index (χ0n) is 14.7. The highest BCUT2D eigenvalue weighted by molar-refractivity contribution is 5.92. The van der Waals surface area contributed by atoms with Crippen molar-refractivity contribution in [1.82, 2.24) is 9.97 Å². The van der Waals surface area contributed by atoms with Gasteiger partial charge in [0.05, 0.1) is 5.69 Å². The second kappa shape index (κ2) is 8.40. The highest BCUT2D eigenvalue weighted by atomic mass is 16.1. The molecule has 0 radical (unpaired) electrons. The largest absolute Gasteiger partial charge is 0.372 e. The Morgan fingerprint density at radius 3 is 2.54 bits per heavy atom. The third-order valence-electron chi connectivity index (χ3n) is 3.58. The molecule has 0 atom stereocenters. The molecule has 9 heteroatoms. The highest BCUT2D eigenvalue weighted by Gasteiger charge is 2.11. The Bertz CT molecular complexity index is 880. The SMILES string of the molecule is CCN(CC)c1ccc(N=Nc2nc(C#N)c(C#N)[nH]2)c(NC(C)=O)c1. The minimum atomic E-state index is -0.227. The first-order valence-corrected chi connectivity index (χ1v) is 8.00. The third-order valence-corrected chi connectivity index (χ3v) is 3.58. The molecule has 0 aliphatic rings. The zero-order valence-corrected chi connectivity index (χ0v) is 14.7. The van der Waals surface area contributed by atoms with Crippen LogP contribution in [0.3, 0.4) is 0 Å². The molecule has 0 spiro atoms. The lowest BCUT2D eigenvalue weighted by Gasteiger charge is -2.22. The third kappa shape index (κ3) is 4.22. The van der Waals surface area contributed by atoms with Gasteiger partial charge in [-0.25, -0.2) is 0 Å². The van der Waals surface area contributed by atoms with E-state index in [4.69, 9.17) is 10.5 Å². The normalized spacial score (nSPS) is 10.3.